The second-order valence-corrected chi connectivity index (χ2v) is 13.0. The summed E-state index contributed by atoms with van der Waals surface area (Å²) in [6.07, 6.45) is 3.87. The lowest BCUT2D eigenvalue weighted by molar-refractivity contribution is -0.139. The Labute approximate surface area is 258 Å². The van der Waals surface area contributed by atoms with Crippen molar-refractivity contribution in [1.29, 1.82) is 0 Å². The van der Waals surface area contributed by atoms with Gasteiger partial charge in [-0.25, -0.2) is 8.42 Å². The van der Waals surface area contributed by atoms with Crippen LogP contribution in [0.2, 0.25) is 5.02 Å². The Hall–Kier alpha value is -3.76. The lowest BCUT2D eigenvalue weighted by Gasteiger charge is -2.33. The lowest BCUT2D eigenvalue weighted by Crippen LogP contribution is -2.52. The van der Waals surface area contributed by atoms with Crippen molar-refractivity contribution in [3.05, 3.63) is 82.9 Å². The minimum absolute atomic E-state index is 0.00653. The zero-order chi connectivity index (χ0) is 31.1. The SMILES string of the molecule is COc1ccc(OC)c(N(CC(=O)N(Cc2ccc(Cl)cc2)[C@@H](C)C(=O)NC2CCCC2)S(=O)(=O)c2ccc(C)cc2)c1. The molecular weight excluding hydrogens is 590 g/mol. The number of anilines is 1. The second-order valence-electron chi connectivity index (χ2n) is 10.7. The number of nitrogens with zero attached hydrogens (tertiary/aromatic N) is 2. The van der Waals surface area contributed by atoms with Crippen LogP contribution in [0.15, 0.2) is 71.6 Å². The molecule has 230 valence electrons. The fourth-order valence-corrected chi connectivity index (χ4v) is 6.65. The molecule has 1 saturated carbocycles. The van der Waals surface area contributed by atoms with E-state index in [4.69, 9.17) is 21.1 Å². The predicted octanol–water partition coefficient (Wildman–Crippen LogP) is 5.34. The molecule has 0 aromatic heterocycles. The van der Waals surface area contributed by atoms with Crippen molar-refractivity contribution in [3.8, 4) is 11.5 Å². The van der Waals surface area contributed by atoms with E-state index in [2.05, 4.69) is 5.32 Å². The zero-order valence-electron chi connectivity index (χ0n) is 24.9. The predicted molar refractivity (Wildman–Crippen MR) is 167 cm³/mol. The van der Waals surface area contributed by atoms with Gasteiger partial charge in [0.1, 0.15) is 24.1 Å². The number of carbonyl (C=O) groups is 2. The van der Waals surface area contributed by atoms with Gasteiger partial charge in [0, 0.05) is 23.7 Å². The molecule has 1 N–H and O–H groups in total. The molecule has 3 aromatic carbocycles. The summed E-state index contributed by atoms with van der Waals surface area (Å²) in [5.41, 5.74) is 1.76. The second kappa shape index (κ2) is 14.1. The Balaban J connectivity index is 1.75. The number of carbonyl (C=O) groups excluding carboxylic acids is 2. The Bertz CT molecular complexity index is 1520. The highest BCUT2D eigenvalue weighted by atomic mass is 35.5. The first-order valence-electron chi connectivity index (χ1n) is 14.2. The summed E-state index contributed by atoms with van der Waals surface area (Å²) in [5.74, 6) is -0.235. The van der Waals surface area contributed by atoms with Gasteiger partial charge in [-0.3, -0.25) is 13.9 Å². The van der Waals surface area contributed by atoms with E-state index >= 15 is 0 Å². The van der Waals surface area contributed by atoms with E-state index in [-0.39, 0.29) is 34.8 Å². The largest absolute Gasteiger partial charge is 0.497 e. The van der Waals surface area contributed by atoms with E-state index in [1.54, 1.807) is 55.5 Å². The van der Waals surface area contributed by atoms with Crippen molar-refractivity contribution in [3.63, 3.8) is 0 Å². The molecule has 0 bridgehead atoms. The maximum atomic E-state index is 14.2. The smallest absolute Gasteiger partial charge is 0.264 e. The monoisotopic (exact) mass is 627 g/mol. The van der Waals surface area contributed by atoms with E-state index in [0.717, 1.165) is 41.1 Å². The first kappa shape index (κ1) is 32.2. The normalized spacial score (nSPS) is 14.2. The van der Waals surface area contributed by atoms with Crippen molar-refractivity contribution in [2.45, 2.75) is 63.1 Å². The summed E-state index contributed by atoms with van der Waals surface area (Å²) in [4.78, 5) is 29.0. The molecule has 0 spiro atoms. The van der Waals surface area contributed by atoms with Gasteiger partial charge < -0.3 is 19.7 Å². The number of methoxy groups -OCH3 is 2. The Morgan fingerprint density at radius 3 is 2.23 bits per heavy atom. The first-order chi connectivity index (χ1) is 20.5. The summed E-state index contributed by atoms with van der Waals surface area (Å²) < 4.78 is 40.2. The van der Waals surface area contributed by atoms with Gasteiger partial charge in [-0.05, 0) is 68.7 Å². The van der Waals surface area contributed by atoms with E-state index < -0.39 is 28.5 Å². The highest BCUT2D eigenvalue weighted by molar-refractivity contribution is 7.92. The molecule has 9 nitrogen and oxygen atoms in total. The number of ether oxygens (including phenoxy) is 2. The van der Waals surface area contributed by atoms with Crippen LogP contribution in [0.3, 0.4) is 0 Å². The number of sulfonamides is 1. The number of aryl methyl sites for hydroxylation is 1. The van der Waals surface area contributed by atoms with Crippen LogP contribution in [0.4, 0.5) is 5.69 Å². The molecule has 43 heavy (non-hydrogen) atoms. The van der Waals surface area contributed by atoms with Crippen LogP contribution in [-0.4, -0.2) is 58.0 Å². The Morgan fingerprint density at radius 1 is 0.977 bits per heavy atom. The zero-order valence-corrected chi connectivity index (χ0v) is 26.5. The van der Waals surface area contributed by atoms with Crippen LogP contribution in [0.5, 0.6) is 11.5 Å². The summed E-state index contributed by atoms with van der Waals surface area (Å²) >= 11 is 6.09. The summed E-state index contributed by atoms with van der Waals surface area (Å²) in [5, 5.41) is 3.60. The average Bonchev–Trinajstić information content (AvgIpc) is 3.52. The third kappa shape index (κ3) is 7.80. The summed E-state index contributed by atoms with van der Waals surface area (Å²) in [7, 11) is -1.38. The van der Waals surface area contributed by atoms with E-state index in [0.29, 0.717) is 10.8 Å². The fourth-order valence-electron chi connectivity index (χ4n) is 5.10. The molecule has 3 aromatic rings. The molecule has 0 heterocycles. The molecule has 4 rings (SSSR count). The molecule has 0 unspecified atom stereocenters. The van der Waals surface area contributed by atoms with Gasteiger partial charge in [-0.2, -0.15) is 0 Å². The molecule has 1 fully saturated rings. The third-order valence-electron chi connectivity index (χ3n) is 7.68. The van der Waals surface area contributed by atoms with Crippen LogP contribution in [0.25, 0.3) is 0 Å². The van der Waals surface area contributed by atoms with Crippen LogP contribution < -0.4 is 19.1 Å². The molecule has 2 amide bonds. The van der Waals surface area contributed by atoms with Crippen molar-refractivity contribution in [1.82, 2.24) is 10.2 Å². The van der Waals surface area contributed by atoms with Crippen molar-refractivity contribution in [2.24, 2.45) is 0 Å². The van der Waals surface area contributed by atoms with Gasteiger partial charge in [0.15, 0.2) is 0 Å². The van der Waals surface area contributed by atoms with Gasteiger partial charge in [0.05, 0.1) is 24.8 Å². The molecule has 0 saturated heterocycles. The van der Waals surface area contributed by atoms with Crippen molar-refractivity contribution < 1.29 is 27.5 Å². The molecule has 11 heteroatoms. The van der Waals surface area contributed by atoms with Crippen LogP contribution in [-0.2, 0) is 26.2 Å². The third-order valence-corrected chi connectivity index (χ3v) is 9.70. The van der Waals surface area contributed by atoms with Crippen LogP contribution >= 0.6 is 11.6 Å². The maximum absolute atomic E-state index is 14.2. The number of amides is 2. The standard InChI is InChI=1S/C32H38ClN3O6S/c1-22-9-16-28(17-10-22)43(39,40)36(29-19-27(41-3)15-18-30(29)42-4)21-31(37)35(20-24-11-13-25(33)14-12-24)23(2)32(38)34-26-7-5-6-8-26/h9-19,23,26H,5-8,20-21H2,1-4H3,(H,34,38)/t23-/m0/s1. The number of hydrogen-bond donors (Lipinski definition) is 1. The average molecular weight is 628 g/mol. The van der Waals surface area contributed by atoms with E-state index in [1.807, 2.05) is 6.92 Å². The number of hydrogen-bond acceptors (Lipinski definition) is 6. The van der Waals surface area contributed by atoms with Crippen molar-refractivity contribution >= 4 is 39.1 Å². The van der Waals surface area contributed by atoms with Gasteiger partial charge in [-0.15, -0.1) is 0 Å². The van der Waals surface area contributed by atoms with Gasteiger partial charge >= 0.3 is 0 Å². The minimum atomic E-state index is -4.27. The van der Waals surface area contributed by atoms with E-state index in [1.165, 1.54) is 37.3 Å². The van der Waals surface area contributed by atoms with E-state index in [9.17, 15) is 18.0 Å². The summed E-state index contributed by atoms with van der Waals surface area (Å²) in [6, 6.07) is 17.3. The lowest BCUT2D eigenvalue weighted by atomic mass is 10.1. The first-order valence-corrected chi connectivity index (χ1v) is 16.0. The Morgan fingerprint density at radius 2 is 1.63 bits per heavy atom. The number of rotatable bonds is 12. The molecule has 1 aliphatic carbocycles. The van der Waals surface area contributed by atoms with Crippen molar-refractivity contribution in [2.75, 3.05) is 25.1 Å². The molecule has 1 aliphatic rings. The topological polar surface area (TPSA) is 105 Å². The number of halogens is 1. The van der Waals surface area contributed by atoms with Crippen LogP contribution in [0, 0.1) is 6.92 Å². The highest BCUT2D eigenvalue weighted by Crippen LogP contribution is 2.36. The molecule has 0 radical (unpaired) electrons. The molecule has 0 aliphatic heterocycles. The fraction of sp³-hybridized carbons (Fsp3) is 0.375. The van der Waals surface area contributed by atoms with Gasteiger partial charge in [-0.1, -0.05) is 54.3 Å². The highest BCUT2D eigenvalue weighted by Gasteiger charge is 2.34. The summed E-state index contributed by atoms with van der Waals surface area (Å²) in [6.45, 7) is 3.00. The number of nitrogens with one attached hydrogen (secondary N) is 1. The van der Waals surface area contributed by atoms with Gasteiger partial charge in [0.25, 0.3) is 10.0 Å². The Kier molecular flexibility index (Phi) is 10.6. The molecular formula is C32H38ClN3O6S. The minimum Gasteiger partial charge on any atom is -0.497 e. The van der Waals surface area contributed by atoms with Crippen LogP contribution in [0.1, 0.15) is 43.7 Å². The number of benzene rings is 3. The molecule has 1 atom stereocenters. The quantitative estimate of drug-likeness (QED) is 0.291. The van der Waals surface area contributed by atoms with Gasteiger partial charge in [0.2, 0.25) is 11.8 Å². The maximum Gasteiger partial charge on any atom is 0.264 e.